The summed E-state index contributed by atoms with van der Waals surface area (Å²) in [5.41, 5.74) is 0.888. The number of ether oxygens (including phenoxy) is 2. The Morgan fingerprint density at radius 3 is 2.54 bits per heavy atom. The number of esters is 1. The Morgan fingerprint density at radius 2 is 1.81 bits per heavy atom. The smallest absolute Gasteiger partial charge is 0.330 e. The summed E-state index contributed by atoms with van der Waals surface area (Å²) in [6.45, 7) is 3.77. The number of benzene rings is 2. The van der Waals surface area contributed by atoms with Crippen LogP contribution in [0.2, 0.25) is 5.02 Å². The maximum Gasteiger partial charge on any atom is 0.330 e. The van der Waals surface area contributed by atoms with Crippen LogP contribution in [0, 0.1) is 0 Å². The van der Waals surface area contributed by atoms with Crippen molar-refractivity contribution < 1.29 is 23.9 Å². The normalized spacial score (nSPS) is 13.2. The fourth-order valence-electron chi connectivity index (χ4n) is 2.83. The van der Waals surface area contributed by atoms with E-state index in [0.717, 1.165) is 11.0 Å². The van der Waals surface area contributed by atoms with Crippen LogP contribution in [-0.2, 0) is 14.3 Å². The van der Waals surface area contributed by atoms with Crippen LogP contribution in [-0.4, -0.2) is 49.0 Å². The summed E-state index contributed by atoms with van der Waals surface area (Å²) >= 11 is 6.18. The van der Waals surface area contributed by atoms with Gasteiger partial charge in [0.2, 0.25) is 0 Å². The van der Waals surface area contributed by atoms with E-state index in [1.165, 1.54) is 0 Å². The van der Waals surface area contributed by atoms with E-state index in [0.29, 0.717) is 26.9 Å². The van der Waals surface area contributed by atoms with Crippen LogP contribution in [0.25, 0.3) is 10.8 Å². The highest BCUT2D eigenvalue weighted by Gasteiger charge is 2.32. The monoisotopic (exact) mass is 373 g/mol. The summed E-state index contributed by atoms with van der Waals surface area (Å²) in [5.74, 6) is -1.28. The van der Waals surface area contributed by atoms with Crippen LogP contribution < -0.4 is 0 Å². The predicted octanol–water partition coefficient (Wildman–Crippen LogP) is 2.84. The van der Waals surface area contributed by atoms with Crippen LogP contribution in [0.15, 0.2) is 43.0 Å². The second-order valence-electron chi connectivity index (χ2n) is 5.57. The van der Waals surface area contributed by atoms with E-state index in [-0.39, 0.29) is 38.2 Å². The summed E-state index contributed by atoms with van der Waals surface area (Å²) in [6.07, 6.45) is 1.06. The van der Waals surface area contributed by atoms with Crippen LogP contribution in [0.3, 0.4) is 0 Å². The van der Waals surface area contributed by atoms with Gasteiger partial charge in [0.15, 0.2) is 0 Å². The van der Waals surface area contributed by atoms with E-state index in [9.17, 15) is 14.4 Å². The minimum absolute atomic E-state index is 0.0768. The molecule has 0 saturated heterocycles. The van der Waals surface area contributed by atoms with Gasteiger partial charge in [-0.25, -0.2) is 4.79 Å². The number of nitrogens with zero attached hydrogens (tertiary/aromatic N) is 1. The third-order valence-corrected chi connectivity index (χ3v) is 4.37. The average molecular weight is 374 g/mol. The summed E-state index contributed by atoms with van der Waals surface area (Å²) < 4.78 is 10.1. The molecule has 0 spiro atoms. The molecule has 0 aliphatic carbocycles. The molecule has 0 unspecified atom stereocenters. The Bertz CT molecular complexity index is 886. The first-order valence-corrected chi connectivity index (χ1v) is 8.36. The molecule has 0 radical (unpaired) electrons. The molecule has 1 aliphatic heterocycles. The van der Waals surface area contributed by atoms with Gasteiger partial charge in [-0.15, -0.1) is 0 Å². The van der Waals surface area contributed by atoms with Crippen molar-refractivity contribution in [3.63, 3.8) is 0 Å². The van der Waals surface area contributed by atoms with Gasteiger partial charge in [0, 0.05) is 33.0 Å². The highest BCUT2D eigenvalue weighted by atomic mass is 35.5. The van der Waals surface area contributed by atoms with Crippen molar-refractivity contribution in [3.8, 4) is 0 Å². The van der Waals surface area contributed by atoms with Crippen LogP contribution >= 0.6 is 11.6 Å². The highest BCUT2D eigenvalue weighted by Crippen LogP contribution is 2.33. The van der Waals surface area contributed by atoms with E-state index in [1.54, 1.807) is 30.3 Å². The van der Waals surface area contributed by atoms with Crippen molar-refractivity contribution in [1.82, 2.24) is 4.90 Å². The Hall–Kier alpha value is -2.70. The standard InChI is InChI=1S/C19H16ClNO5/c1-2-16(22)26-11-10-25-9-8-21-18(23)13-5-3-4-12-15(20)7-6-14(17(12)13)19(21)24/h2-7H,1,8-11H2. The molecule has 6 nitrogen and oxygen atoms in total. The van der Waals surface area contributed by atoms with Crippen molar-refractivity contribution >= 4 is 40.2 Å². The molecule has 2 aromatic rings. The molecule has 0 bridgehead atoms. The lowest BCUT2D eigenvalue weighted by Crippen LogP contribution is -2.42. The minimum Gasteiger partial charge on any atom is -0.460 e. The van der Waals surface area contributed by atoms with Gasteiger partial charge >= 0.3 is 5.97 Å². The van der Waals surface area contributed by atoms with Gasteiger partial charge in [-0.3, -0.25) is 14.5 Å². The third kappa shape index (κ3) is 3.34. The molecule has 1 heterocycles. The van der Waals surface area contributed by atoms with Crippen molar-refractivity contribution in [1.29, 1.82) is 0 Å². The predicted molar refractivity (Wildman–Crippen MR) is 96.3 cm³/mol. The van der Waals surface area contributed by atoms with Gasteiger partial charge in [0.1, 0.15) is 6.61 Å². The third-order valence-electron chi connectivity index (χ3n) is 4.04. The minimum atomic E-state index is -0.529. The quantitative estimate of drug-likeness (QED) is 0.323. The fourth-order valence-corrected chi connectivity index (χ4v) is 3.05. The lowest BCUT2D eigenvalue weighted by atomic mass is 9.94. The Kier molecular flexibility index (Phi) is 5.35. The van der Waals surface area contributed by atoms with Crippen LogP contribution in [0.5, 0.6) is 0 Å². The number of rotatable bonds is 7. The van der Waals surface area contributed by atoms with E-state index < -0.39 is 5.97 Å². The molecule has 0 atom stereocenters. The summed E-state index contributed by atoms with van der Waals surface area (Å²) in [5, 5.41) is 1.77. The Balaban J connectivity index is 1.69. The molecule has 0 saturated carbocycles. The summed E-state index contributed by atoms with van der Waals surface area (Å²) in [6, 6.07) is 8.49. The zero-order valence-electron chi connectivity index (χ0n) is 13.9. The van der Waals surface area contributed by atoms with E-state index in [2.05, 4.69) is 6.58 Å². The van der Waals surface area contributed by atoms with Crippen molar-refractivity contribution in [2.45, 2.75) is 0 Å². The molecule has 3 rings (SSSR count). The number of hydrogen-bond donors (Lipinski definition) is 0. The molecule has 1 aliphatic rings. The van der Waals surface area contributed by atoms with Crippen molar-refractivity contribution in [2.75, 3.05) is 26.4 Å². The molecule has 0 fully saturated rings. The molecular formula is C19H16ClNO5. The zero-order chi connectivity index (χ0) is 18.7. The van der Waals surface area contributed by atoms with Gasteiger partial charge in [-0.2, -0.15) is 0 Å². The van der Waals surface area contributed by atoms with Crippen LogP contribution in [0.4, 0.5) is 0 Å². The van der Waals surface area contributed by atoms with Gasteiger partial charge in [0.25, 0.3) is 11.8 Å². The molecule has 2 amide bonds. The first kappa shape index (κ1) is 18.1. The number of imide groups is 1. The first-order chi connectivity index (χ1) is 12.5. The number of amides is 2. The van der Waals surface area contributed by atoms with E-state index in [4.69, 9.17) is 21.1 Å². The second kappa shape index (κ2) is 7.68. The Morgan fingerprint density at radius 1 is 1.08 bits per heavy atom. The van der Waals surface area contributed by atoms with Gasteiger partial charge < -0.3 is 9.47 Å². The van der Waals surface area contributed by atoms with Gasteiger partial charge in [0.05, 0.1) is 19.8 Å². The Labute approximate surface area is 154 Å². The largest absolute Gasteiger partial charge is 0.460 e. The zero-order valence-corrected chi connectivity index (χ0v) is 14.6. The number of carbonyl (C=O) groups excluding carboxylic acids is 3. The topological polar surface area (TPSA) is 72.9 Å². The second-order valence-corrected chi connectivity index (χ2v) is 5.98. The lowest BCUT2D eigenvalue weighted by molar-refractivity contribution is -0.139. The molecule has 0 N–H and O–H groups in total. The maximum absolute atomic E-state index is 12.7. The van der Waals surface area contributed by atoms with E-state index >= 15 is 0 Å². The highest BCUT2D eigenvalue weighted by molar-refractivity contribution is 6.38. The molecule has 0 aromatic heterocycles. The SMILES string of the molecule is C=CC(=O)OCCOCCN1C(=O)c2cccc3c(Cl)ccc(c23)C1=O. The van der Waals surface area contributed by atoms with Gasteiger partial charge in [-0.05, 0) is 18.2 Å². The molecule has 2 aromatic carbocycles. The van der Waals surface area contributed by atoms with E-state index in [1.807, 2.05) is 0 Å². The van der Waals surface area contributed by atoms with Crippen molar-refractivity contribution in [2.24, 2.45) is 0 Å². The first-order valence-electron chi connectivity index (χ1n) is 7.99. The molecule has 26 heavy (non-hydrogen) atoms. The summed E-state index contributed by atoms with van der Waals surface area (Å²) in [4.78, 5) is 37.5. The van der Waals surface area contributed by atoms with Crippen molar-refractivity contribution in [3.05, 3.63) is 59.1 Å². The lowest BCUT2D eigenvalue weighted by Gasteiger charge is -2.27. The number of halogens is 1. The maximum atomic E-state index is 12.7. The molecular weight excluding hydrogens is 358 g/mol. The van der Waals surface area contributed by atoms with Gasteiger partial charge in [-0.1, -0.05) is 30.3 Å². The fraction of sp³-hybridized carbons (Fsp3) is 0.211. The van der Waals surface area contributed by atoms with Crippen LogP contribution in [0.1, 0.15) is 20.7 Å². The molecule has 7 heteroatoms. The summed E-state index contributed by atoms with van der Waals surface area (Å²) in [7, 11) is 0. The number of hydrogen-bond acceptors (Lipinski definition) is 5. The average Bonchev–Trinajstić information content (AvgIpc) is 2.65. The molecule has 134 valence electrons. The number of carbonyl (C=O) groups is 3.